The smallest absolute Gasteiger partial charge is 0.271 e. The second-order valence-corrected chi connectivity index (χ2v) is 9.53. The molecular weight excluding hydrogens is 382 g/mol. The molecule has 0 atom stereocenters. The molecule has 0 unspecified atom stereocenters. The maximum absolute atomic E-state index is 12.8. The molecule has 1 saturated carbocycles. The van der Waals surface area contributed by atoms with Crippen molar-refractivity contribution in [1.29, 1.82) is 0 Å². The minimum absolute atomic E-state index is 0.232. The van der Waals surface area contributed by atoms with Crippen molar-refractivity contribution in [2.45, 2.75) is 49.2 Å². The summed E-state index contributed by atoms with van der Waals surface area (Å²) in [6.45, 7) is 1.99. The summed E-state index contributed by atoms with van der Waals surface area (Å²) in [5.41, 5.74) is 2.23. The van der Waals surface area contributed by atoms with E-state index in [-0.39, 0.29) is 4.21 Å². The number of benzene rings is 1. The van der Waals surface area contributed by atoms with E-state index in [1.807, 2.05) is 25.1 Å². The first-order valence-corrected chi connectivity index (χ1v) is 11.5. The number of nitrogens with one attached hydrogen (secondary N) is 1. The summed E-state index contributed by atoms with van der Waals surface area (Å²) in [5.74, 6) is 1.44. The van der Waals surface area contributed by atoms with E-state index in [9.17, 15) is 8.42 Å². The summed E-state index contributed by atoms with van der Waals surface area (Å²) < 4.78 is 33.8. The lowest BCUT2D eigenvalue weighted by atomic mass is 10.1. The number of sulfonamides is 1. The highest BCUT2D eigenvalue weighted by Gasteiger charge is 2.24. The number of anilines is 1. The zero-order chi connectivity index (χ0) is 18.9. The maximum atomic E-state index is 12.8. The van der Waals surface area contributed by atoms with Crippen LogP contribution in [0.4, 0.5) is 5.69 Å². The Bertz CT molecular complexity index is 1030. The Morgan fingerprint density at radius 1 is 1.26 bits per heavy atom. The van der Waals surface area contributed by atoms with Crippen molar-refractivity contribution in [2.24, 2.45) is 0 Å². The lowest BCUT2D eigenvalue weighted by Crippen LogP contribution is -2.12. The van der Waals surface area contributed by atoms with Crippen LogP contribution >= 0.6 is 11.3 Å². The molecule has 4 rings (SSSR count). The molecule has 3 aromatic rings. The number of hydrogen-bond acceptors (Lipinski definition) is 6. The molecule has 1 N–H and O–H groups in total. The zero-order valence-electron chi connectivity index (χ0n) is 15.0. The van der Waals surface area contributed by atoms with Gasteiger partial charge in [-0.3, -0.25) is 4.72 Å². The topological polar surface area (TPSA) is 85.1 Å². The van der Waals surface area contributed by atoms with Crippen molar-refractivity contribution >= 4 is 27.0 Å². The Labute approximate surface area is 162 Å². The second-order valence-electron chi connectivity index (χ2n) is 6.71. The first-order chi connectivity index (χ1) is 13.1. The fourth-order valence-corrected chi connectivity index (χ4v) is 5.65. The van der Waals surface area contributed by atoms with E-state index in [4.69, 9.17) is 4.52 Å². The van der Waals surface area contributed by atoms with Gasteiger partial charge in [-0.25, -0.2) is 8.42 Å². The molecule has 27 heavy (non-hydrogen) atoms. The molecule has 2 aromatic heterocycles. The lowest BCUT2D eigenvalue weighted by Gasteiger charge is -2.10. The standard InChI is InChI=1S/C19H21N3O3S2/c1-2-13-7-5-6-10-16(13)22-27(23,24)17-11-15(12-26-17)18-20-19(25-21-18)14-8-3-4-9-14/h5-7,10-12,14,22H,2-4,8-9H2,1H3. The Kier molecular flexibility index (Phi) is 5.01. The molecule has 0 aliphatic heterocycles. The van der Waals surface area contributed by atoms with Crippen LogP contribution < -0.4 is 4.72 Å². The highest BCUT2D eigenvalue weighted by atomic mass is 32.2. The van der Waals surface area contributed by atoms with Crippen LogP contribution in [0.15, 0.2) is 44.4 Å². The van der Waals surface area contributed by atoms with Gasteiger partial charge in [-0.1, -0.05) is 43.1 Å². The van der Waals surface area contributed by atoms with Gasteiger partial charge < -0.3 is 4.52 Å². The van der Waals surface area contributed by atoms with Crippen molar-refractivity contribution in [1.82, 2.24) is 10.1 Å². The van der Waals surface area contributed by atoms with E-state index in [1.54, 1.807) is 17.5 Å². The van der Waals surface area contributed by atoms with Crippen LogP contribution in [0.2, 0.25) is 0 Å². The third kappa shape index (κ3) is 3.77. The first-order valence-electron chi connectivity index (χ1n) is 9.10. The van der Waals surface area contributed by atoms with Crippen LogP contribution in [0, 0.1) is 0 Å². The third-order valence-corrected chi connectivity index (χ3v) is 7.69. The SMILES string of the molecule is CCc1ccccc1NS(=O)(=O)c1cc(-c2noc(C3CCCC3)n2)cs1. The van der Waals surface area contributed by atoms with Gasteiger partial charge in [0.1, 0.15) is 4.21 Å². The summed E-state index contributed by atoms with van der Waals surface area (Å²) in [5, 5.41) is 5.80. The van der Waals surface area contributed by atoms with Crippen LogP contribution in [-0.4, -0.2) is 18.6 Å². The molecular formula is C19H21N3O3S2. The minimum Gasteiger partial charge on any atom is -0.339 e. The fraction of sp³-hybridized carbons (Fsp3) is 0.368. The number of nitrogens with zero attached hydrogens (tertiary/aromatic N) is 2. The molecule has 2 heterocycles. The summed E-state index contributed by atoms with van der Waals surface area (Å²) >= 11 is 1.15. The van der Waals surface area contributed by atoms with Gasteiger partial charge in [0.05, 0.1) is 5.69 Å². The number of hydrogen-bond donors (Lipinski definition) is 1. The summed E-state index contributed by atoms with van der Waals surface area (Å²) in [7, 11) is -3.66. The average molecular weight is 404 g/mol. The van der Waals surface area contributed by atoms with Crippen LogP contribution in [0.25, 0.3) is 11.4 Å². The first kappa shape index (κ1) is 18.2. The van der Waals surface area contributed by atoms with Crippen molar-refractivity contribution in [2.75, 3.05) is 4.72 Å². The Hall–Kier alpha value is -2.19. The number of thiophene rings is 1. The summed E-state index contributed by atoms with van der Waals surface area (Å²) in [4.78, 5) is 4.48. The van der Waals surface area contributed by atoms with E-state index in [0.29, 0.717) is 28.9 Å². The van der Waals surface area contributed by atoms with E-state index in [1.165, 1.54) is 12.8 Å². The van der Waals surface area contributed by atoms with Crippen molar-refractivity contribution in [3.63, 3.8) is 0 Å². The van der Waals surface area contributed by atoms with E-state index in [0.717, 1.165) is 36.2 Å². The number of aryl methyl sites for hydroxylation is 1. The molecule has 6 nitrogen and oxygen atoms in total. The summed E-state index contributed by atoms with van der Waals surface area (Å²) in [6.07, 6.45) is 5.28. The largest absolute Gasteiger partial charge is 0.339 e. The van der Waals surface area contributed by atoms with E-state index >= 15 is 0 Å². The van der Waals surface area contributed by atoms with Crippen LogP contribution in [0.3, 0.4) is 0 Å². The van der Waals surface area contributed by atoms with Crippen molar-refractivity contribution < 1.29 is 12.9 Å². The van der Waals surface area contributed by atoms with Crippen molar-refractivity contribution in [3.05, 3.63) is 47.2 Å². The molecule has 1 aliphatic rings. The van der Waals surface area contributed by atoms with Gasteiger partial charge in [0.15, 0.2) is 0 Å². The number of rotatable bonds is 6. The maximum Gasteiger partial charge on any atom is 0.271 e. The lowest BCUT2D eigenvalue weighted by molar-refractivity contribution is 0.354. The second kappa shape index (κ2) is 7.44. The van der Waals surface area contributed by atoms with Gasteiger partial charge in [-0.15, -0.1) is 11.3 Å². The quantitative estimate of drug-likeness (QED) is 0.638. The molecule has 0 bridgehead atoms. The molecule has 142 valence electrons. The highest BCUT2D eigenvalue weighted by molar-refractivity contribution is 7.94. The van der Waals surface area contributed by atoms with E-state index < -0.39 is 10.0 Å². The highest BCUT2D eigenvalue weighted by Crippen LogP contribution is 2.35. The van der Waals surface area contributed by atoms with E-state index in [2.05, 4.69) is 14.9 Å². The minimum atomic E-state index is -3.66. The predicted octanol–water partition coefficient (Wildman–Crippen LogP) is 4.82. The van der Waals surface area contributed by atoms with Crippen LogP contribution in [0.1, 0.15) is 50.0 Å². The monoisotopic (exact) mass is 403 g/mol. The fourth-order valence-electron chi connectivity index (χ4n) is 3.39. The van der Waals surface area contributed by atoms with Crippen LogP contribution in [-0.2, 0) is 16.4 Å². The number of para-hydroxylation sites is 1. The van der Waals surface area contributed by atoms with Gasteiger partial charge in [-0.2, -0.15) is 4.98 Å². The molecule has 1 fully saturated rings. The Morgan fingerprint density at radius 2 is 2.04 bits per heavy atom. The Balaban J connectivity index is 1.56. The molecule has 1 aliphatic carbocycles. The zero-order valence-corrected chi connectivity index (χ0v) is 16.6. The molecule has 0 amide bonds. The van der Waals surface area contributed by atoms with Crippen molar-refractivity contribution in [3.8, 4) is 11.4 Å². The summed E-state index contributed by atoms with van der Waals surface area (Å²) in [6, 6.07) is 9.02. The van der Waals surface area contributed by atoms with Gasteiger partial charge in [0.25, 0.3) is 10.0 Å². The number of aromatic nitrogens is 2. The predicted molar refractivity (Wildman–Crippen MR) is 105 cm³/mol. The normalized spacial score (nSPS) is 15.3. The third-order valence-electron chi connectivity index (χ3n) is 4.89. The average Bonchev–Trinajstić information content (AvgIpc) is 3.41. The Morgan fingerprint density at radius 3 is 2.81 bits per heavy atom. The molecule has 0 spiro atoms. The van der Waals surface area contributed by atoms with Crippen LogP contribution in [0.5, 0.6) is 0 Å². The molecule has 1 aromatic carbocycles. The van der Waals surface area contributed by atoms with Gasteiger partial charge >= 0.3 is 0 Å². The van der Waals surface area contributed by atoms with Gasteiger partial charge in [0, 0.05) is 16.9 Å². The van der Waals surface area contributed by atoms with Gasteiger partial charge in [-0.05, 0) is 37.0 Å². The molecule has 8 heteroatoms. The molecule has 0 saturated heterocycles. The van der Waals surface area contributed by atoms with Gasteiger partial charge in [0.2, 0.25) is 11.7 Å². The molecule has 0 radical (unpaired) electrons.